The minimum absolute atomic E-state index is 0.0139. The van der Waals surface area contributed by atoms with E-state index < -0.39 is 15.6 Å². The van der Waals surface area contributed by atoms with Gasteiger partial charge in [-0.3, -0.25) is 9.62 Å². The quantitative estimate of drug-likeness (QED) is 0.316. The van der Waals surface area contributed by atoms with Gasteiger partial charge in [0.05, 0.1) is 21.0 Å². The number of nitrogens with zero attached hydrogens (tertiary/aromatic N) is 2. The number of piperidine rings is 1. The SMILES string of the molecule is CC(C)(C)OC(=O)c1cccc(CN2[C@@H]3CC[C@H]2C[C@H](Oc2ccc(S(=O)(=O)Nc4cscn4)cc2Cl)C3)c1. The van der Waals surface area contributed by atoms with Gasteiger partial charge in [0, 0.05) is 24.0 Å². The third kappa shape index (κ3) is 6.74. The number of nitrogens with one attached hydrogen (secondary N) is 1. The molecule has 0 unspecified atom stereocenters. The van der Waals surface area contributed by atoms with Gasteiger partial charge in [0.15, 0.2) is 5.82 Å². The highest BCUT2D eigenvalue weighted by atomic mass is 35.5. The van der Waals surface area contributed by atoms with Gasteiger partial charge in [-0.05, 0) is 82.3 Å². The van der Waals surface area contributed by atoms with Gasteiger partial charge < -0.3 is 9.47 Å². The minimum atomic E-state index is -3.80. The molecule has 0 spiro atoms. The van der Waals surface area contributed by atoms with Crippen LogP contribution in [0.1, 0.15) is 62.4 Å². The molecular formula is C28H32ClN3O5S2. The summed E-state index contributed by atoms with van der Waals surface area (Å²) in [6, 6.07) is 12.9. The molecule has 208 valence electrons. The van der Waals surface area contributed by atoms with Gasteiger partial charge >= 0.3 is 5.97 Å². The molecule has 1 aromatic heterocycles. The smallest absolute Gasteiger partial charge is 0.338 e. The standard InChI is InChI=1S/C28H32ClN3O5S2/c1-28(2,3)37-27(33)19-6-4-5-18(11-19)15-32-20-7-8-21(32)13-22(12-20)36-25-10-9-23(14-24(25)29)39(34,35)31-26-16-38-17-30-26/h4-6,9-11,14,16-17,20-22,31H,7-8,12-13,15H2,1-3H3/t20-,21+,22-. The highest BCUT2D eigenvalue weighted by molar-refractivity contribution is 7.92. The normalized spacial score (nSPS) is 21.5. The monoisotopic (exact) mass is 589 g/mol. The Bertz CT molecular complexity index is 1430. The van der Waals surface area contributed by atoms with Crippen molar-refractivity contribution in [2.24, 2.45) is 0 Å². The number of hydrogen-bond donors (Lipinski definition) is 1. The van der Waals surface area contributed by atoms with Crippen molar-refractivity contribution in [3.8, 4) is 5.75 Å². The highest BCUT2D eigenvalue weighted by Crippen LogP contribution is 2.39. The Kier molecular flexibility index (Phi) is 7.92. The maximum atomic E-state index is 12.7. The molecule has 2 aromatic carbocycles. The zero-order valence-corrected chi connectivity index (χ0v) is 24.5. The van der Waals surface area contributed by atoms with Crippen molar-refractivity contribution in [3.63, 3.8) is 0 Å². The average Bonchev–Trinajstić information content (AvgIpc) is 3.44. The fraction of sp³-hybridized carbons (Fsp3) is 0.429. The van der Waals surface area contributed by atoms with Crippen LogP contribution in [0.2, 0.25) is 5.02 Å². The van der Waals surface area contributed by atoms with Crippen LogP contribution in [0.15, 0.2) is 58.3 Å². The number of thiazole rings is 1. The third-order valence-corrected chi connectivity index (χ3v) is 9.18. The van der Waals surface area contributed by atoms with Crippen LogP contribution in [-0.4, -0.2) is 48.1 Å². The van der Waals surface area contributed by atoms with Gasteiger partial charge in [0.1, 0.15) is 17.5 Å². The van der Waals surface area contributed by atoms with E-state index in [9.17, 15) is 13.2 Å². The van der Waals surface area contributed by atoms with Gasteiger partial charge in [0.2, 0.25) is 0 Å². The third-order valence-electron chi connectivity index (χ3n) is 6.95. The van der Waals surface area contributed by atoms with Crippen molar-refractivity contribution >= 4 is 44.7 Å². The number of aromatic nitrogens is 1. The second kappa shape index (κ2) is 11.1. The largest absolute Gasteiger partial charge is 0.489 e. The van der Waals surface area contributed by atoms with E-state index in [1.165, 1.54) is 23.5 Å². The number of ether oxygens (including phenoxy) is 2. The molecule has 0 amide bonds. The number of benzene rings is 2. The Morgan fingerprint density at radius 1 is 1.15 bits per heavy atom. The van der Waals surface area contributed by atoms with Gasteiger partial charge in [-0.25, -0.2) is 18.2 Å². The first-order valence-electron chi connectivity index (χ1n) is 12.9. The molecule has 11 heteroatoms. The summed E-state index contributed by atoms with van der Waals surface area (Å²) in [5, 5.41) is 1.87. The summed E-state index contributed by atoms with van der Waals surface area (Å²) in [5.74, 6) is 0.441. The van der Waals surface area contributed by atoms with E-state index in [1.807, 2.05) is 32.9 Å². The molecule has 2 aliphatic rings. The molecule has 2 fully saturated rings. The second-order valence-electron chi connectivity index (χ2n) is 11.0. The highest BCUT2D eigenvalue weighted by Gasteiger charge is 2.41. The van der Waals surface area contributed by atoms with E-state index in [0.29, 0.717) is 23.4 Å². The van der Waals surface area contributed by atoms with Crippen LogP contribution in [0, 0.1) is 0 Å². The van der Waals surface area contributed by atoms with Crippen LogP contribution in [-0.2, 0) is 21.3 Å². The first kappa shape index (κ1) is 27.9. The zero-order chi connectivity index (χ0) is 27.8. The Labute approximate surface area is 238 Å². The molecule has 0 radical (unpaired) electrons. The molecule has 1 N–H and O–H groups in total. The Morgan fingerprint density at radius 2 is 1.90 bits per heavy atom. The van der Waals surface area contributed by atoms with Crippen LogP contribution in [0.4, 0.5) is 5.82 Å². The topological polar surface area (TPSA) is 97.8 Å². The average molecular weight is 590 g/mol. The van der Waals surface area contributed by atoms with Crippen LogP contribution >= 0.6 is 22.9 Å². The number of esters is 1. The number of halogens is 1. The maximum absolute atomic E-state index is 12.7. The van der Waals surface area contributed by atoms with Gasteiger partial charge in [-0.15, -0.1) is 11.3 Å². The van der Waals surface area contributed by atoms with Crippen molar-refractivity contribution < 1.29 is 22.7 Å². The number of hydrogen-bond acceptors (Lipinski definition) is 8. The lowest BCUT2D eigenvalue weighted by Crippen LogP contribution is -2.45. The molecule has 5 rings (SSSR count). The molecule has 0 saturated carbocycles. The lowest BCUT2D eigenvalue weighted by Gasteiger charge is -2.39. The lowest BCUT2D eigenvalue weighted by atomic mass is 9.98. The maximum Gasteiger partial charge on any atom is 0.338 e. The molecule has 8 nitrogen and oxygen atoms in total. The van der Waals surface area contributed by atoms with Crippen molar-refractivity contribution in [2.75, 3.05) is 4.72 Å². The number of sulfonamides is 1. The number of carbonyl (C=O) groups excluding carboxylic acids is 1. The van der Waals surface area contributed by atoms with Crippen LogP contribution in [0.25, 0.3) is 0 Å². The number of carbonyl (C=O) groups is 1. The Morgan fingerprint density at radius 3 is 2.54 bits per heavy atom. The van der Waals surface area contributed by atoms with Crippen molar-refractivity contribution in [3.05, 3.63) is 69.5 Å². The summed E-state index contributed by atoms with van der Waals surface area (Å²) in [5.41, 5.74) is 2.67. The van der Waals surface area contributed by atoms with Gasteiger partial charge in [0.25, 0.3) is 10.0 Å². The molecular weight excluding hydrogens is 558 g/mol. The minimum Gasteiger partial charge on any atom is -0.489 e. The van der Waals surface area contributed by atoms with Crippen molar-refractivity contribution in [1.29, 1.82) is 0 Å². The second-order valence-corrected chi connectivity index (χ2v) is 13.9. The number of anilines is 1. The summed E-state index contributed by atoms with van der Waals surface area (Å²) < 4.78 is 39.6. The number of fused-ring (bicyclic) bond motifs is 2. The van der Waals surface area contributed by atoms with Gasteiger partial charge in [-0.2, -0.15) is 0 Å². The predicted molar refractivity (Wildman–Crippen MR) is 152 cm³/mol. The molecule has 2 saturated heterocycles. The summed E-state index contributed by atoms with van der Waals surface area (Å²) in [6.07, 6.45) is 3.86. The van der Waals surface area contributed by atoms with Gasteiger partial charge in [-0.1, -0.05) is 23.7 Å². The summed E-state index contributed by atoms with van der Waals surface area (Å²) in [7, 11) is -3.80. The lowest BCUT2D eigenvalue weighted by molar-refractivity contribution is 0.00692. The van der Waals surface area contributed by atoms with E-state index in [4.69, 9.17) is 21.1 Å². The predicted octanol–water partition coefficient (Wildman–Crippen LogP) is 6.13. The summed E-state index contributed by atoms with van der Waals surface area (Å²) in [6.45, 7) is 6.36. The Hall–Kier alpha value is -2.66. The van der Waals surface area contributed by atoms with Crippen LogP contribution in [0.3, 0.4) is 0 Å². The number of rotatable bonds is 8. The molecule has 0 aliphatic carbocycles. The first-order valence-corrected chi connectivity index (χ1v) is 15.7. The molecule has 3 aromatic rings. The van der Waals surface area contributed by atoms with E-state index in [0.717, 1.165) is 37.8 Å². The summed E-state index contributed by atoms with van der Waals surface area (Å²) in [4.78, 5) is 19.1. The fourth-order valence-corrected chi connectivity index (χ4v) is 7.18. The summed E-state index contributed by atoms with van der Waals surface area (Å²) >= 11 is 7.77. The van der Waals surface area contributed by atoms with Crippen LogP contribution < -0.4 is 9.46 Å². The Balaban J connectivity index is 1.21. The first-order chi connectivity index (χ1) is 18.5. The molecule has 3 atom stereocenters. The van der Waals surface area contributed by atoms with E-state index in [-0.39, 0.29) is 27.8 Å². The zero-order valence-electron chi connectivity index (χ0n) is 22.1. The van der Waals surface area contributed by atoms with Crippen molar-refractivity contribution in [2.45, 2.75) is 81.7 Å². The van der Waals surface area contributed by atoms with E-state index >= 15 is 0 Å². The van der Waals surface area contributed by atoms with E-state index in [2.05, 4.69) is 20.7 Å². The van der Waals surface area contributed by atoms with Crippen molar-refractivity contribution in [1.82, 2.24) is 9.88 Å². The fourth-order valence-electron chi connectivity index (χ4n) is 5.31. The van der Waals surface area contributed by atoms with E-state index in [1.54, 1.807) is 23.0 Å². The molecule has 2 bridgehead atoms. The molecule has 3 heterocycles. The van der Waals surface area contributed by atoms with Crippen LogP contribution in [0.5, 0.6) is 5.75 Å². The molecule has 39 heavy (non-hydrogen) atoms. The molecule has 2 aliphatic heterocycles.